The molecular weight excluding hydrogens is 268 g/mol. The van der Waals surface area contributed by atoms with Crippen molar-refractivity contribution in [2.45, 2.75) is 33.0 Å². The maximum Gasteiger partial charge on any atom is 0.308 e. The highest BCUT2D eigenvalue weighted by molar-refractivity contribution is 6.30. The van der Waals surface area contributed by atoms with E-state index in [1.54, 1.807) is 38.1 Å². The average Bonchev–Trinajstić information content (AvgIpc) is 2.31. The van der Waals surface area contributed by atoms with Crippen LogP contribution in [0.15, 0.2) is 24.3 Å². The van der Waals surface area contributed by atoms with Gasteiger partial charge < -0.3 is 14.6 Å². The lowest BCUT2D eigenvalue weighted by molar-refractivity contribution is -0.158. The fourth-order valence-electron chi connectivity index (χ4n) is 1.32. The van der Waals surface area contributed by atoms with Crippen LogP contribution in [0.3, 0.4) is 0 Å². The Kier molecular flexibility index (Phi) is 5.63. The summed E-state index contributed by atoms with van der Waals surface area (Å²) < 4.78 is 10.4. The van der Waals surface area contributed by atoms with Gasteiger partial charge in [-0.25, -0.2) is 0 Å². The van der Waals surface area contributed by atoms with Crippen molar-refractivity contribution in [2.24, 2.45) is 5.92 Å². The topological polar surface area (TPSA) is 55.8 Å². The second kappa shape index (κ2) is 6.78. The van der Waals surface area contributed by atoms with Crippen LogP contribution >= 0.6 is 11.6 Å². The van der Waals surface area contributed by atoms with Crippen LogP contribution in [0, 0.1) is 5.92 Å². The summed E-state index contributed by atoms with van der Waals surface area (Å²) in [4.78, 5) is 11.3. The molecule has 0 aliphatic rings. The van der Waals surface area contributed by atoms with Gasteiger partial charge in [0.2, 0.25) is 5.79 Å². The number of ether oxygens (including phenoxy) is 2. The maximum atomic E-state index is 11.3. The lowest BCUT2D eigenvalue weighted by Gasteiger charge is -2.24. The monoisotopic (exact) mass is 286 g/mol. The zero-order valence-electron chi connectivity index (χ0n) is 11.4. The SMILES string of the molecule is CC(C)C(=O)OCCC(C)(O)Oc1ccc(Cl)cc1. The quantitative estimate of drug-likeness (QED) is 0.645. The second-order valence-corrected chi connectivity index (χ2v) is 5.24. The summed E-state index contributed by atoms with van der Waals surface area (Å²) in [6.07, 6.45) is 0.189. The first kappa shape index (κ1) is 15.8. The molecule has 1 rings (SSSR count). The Morgan fingerprint density at radius 3 is 2.47 bits per heavy atom. The molecule has 0 spiro atoms. The van der Waals surface area contributed by atoms with Crippen LogP contribution in [-0.2, 0) is 9.53 Å². The fraction of sp³-hybridized carbons (Fsp3) is 0.500. The minimum Gasteiger partial charge on any atom is -0.465 e. The van der Waals surface area contributed by atoms with Crippen molar-refractivity contribution in [3.63, 3.8) is 0 Å². The predicted octanol–water partition coefficient (Wildman–Crippen LogP) is 3.02. The summed E-state index contributed by atoms with van der Waals surface area (Å²) in [7, 11) is 0. The third-order valence-corrected chi connectivity index (χ3v) is 2.68. The molecule has 0 saturated carbocycles. The third-order valence-electron chi connectivity index (χ3n) is 2.43. The van der Waals surface area contributed by atoms with Gasteiger partial charge in [-0.15, -0.1) is 0 Å². The smallest absolute Gasteiger partial charge is 0.308 e. The van der Waals surface area contributed by atoms with Crippen LogP contribution < -0.4 is 4.74 Å². The van der Waals surface area contributed by atoms with Crippen LogP contribution in [-0.4, -0.2) is 23.5 Å². The zero-order valence-corrected chi connectivity index (χ0v) is 12.1. The van der Waals surface area contributed by atoms with E-state index in [0.717, 1.165) is 0 Å². The number of carbonyl (C=O) groups is 1. The van der Waals surface area contributed by atoms with Gasteiger partial charge in [-0.05, 0) is 24.3 Å². The number of aliphatic hydroxyl groups is 1. The first-order chi connectivity index (χ1) is 8.80. The van der Waals surface area contributed by atoms with E-state index in [2.05, 4.69) is 0 Å². The van der Waals surface area contributed by atoms with Gasteiger partial charge in [0.1, 0.15) is 5.75 Å². The van der Waals surface area contributed by atoms with Gasteiger partial charge in [0.15, 0.2) is 0 Å². The van der Waals surface area contributed by atoms with Crippen LogP contribution in [0.5, 0.6) is 5.75 Å². The van der Waals surface area contributed by atoms with E-state index < -0.39 is 5.79 Å². The second-order valence-electron chi connectivity index (χ2n) is 4.80. The van der Waals surface area contributed by atoms with Gasteiger partial charge in [-0.2, -0.15) is 0 Å². The van der Waals surface area contributed by atoms with Crippen LogP contribution in [0.25, 0.3) is 0 Å². The molecule has 1 aromatic carbocycles. The molecule has 5 heteroatoms. The molecule has 19 heavy (non-hydrogen) atoms. The summed E-state index contributed by atoms with van der Waals surface area (Å²) in [6, 6.07) is 6.67. The van der Waals surface area contributed by atoms with Gasteiger partial charge >= 0.3 is 5.97 Å². The molecule has 0 fully saturated rings. The van der Waals surface area contributed by atoms with E-state index in [1.165, 1.54) is 6.92 Å². The van der Waals surface area contributed by atoms with Gasteiger partial charge in [-0.3, -0.25) is 4.79 Å². The van der Waals surface area contributed by atoms with Crippen LogP contribution in [0.4, 0.5) is 0 Å². The number of carbonyl (C=O) groups excluding carboxylic acids is 1. The summed E-state index contributed by atoms with van der Waals surface area (Å²) in [5.74, 6) is -1.36. The lowest BCUT2D eigenvalue weighted by Crippen LogP contribution is -2.34. The van der Waals surface area contributed by atoms with Crippen molar-refractivity contribution in [3.05, 3.63) is 29.3 Å². The summed E-state index contributed by atoms with van der Waals surface area (Å²) in [5, 5.41) is 10.6. The molecular formula is C14H19ClO4. The third kappa shape index (κ3) is 5.94. The fourth-order valence-corrected chi connectivity index (χ4v) is 1.44. The van der Waals surface area contributed by atoms with E-state index in [9.17, 15) is 9.90 Å². The van der Waals surface area contributed by atoms with E-state index in [1.807, 2.05) is 0 Å². The Labute approximate surface area is 118 Å². The number of hydrogen-bond donors (Lipinski definition) is 1. The normalized spacial score (nSPS) is 14.0. The van der Waals surface area contributed by atoms with Gasteiger partial charge in [0, 0.05) is 18.4 Å². The zero-order chi connectivity index (χ0) is 14.5. The molecule has 0 aliphatic heterocycles. The highest BCUT2D eigenvalue weighted by atomic mass is 35.5. The molecule has 0 amide bonds. The minimum absolute atomic E-state index is 0.109. The molecule has 0 bridgehead atoms. The van der Waals surface area contributed by atoms with Crippen molar-refractivity contribution >= 4 is 17.6 Å². The first-order valence-corrected chi connectivity index (χ1v) is 6.51. The number of rotatable bonds is 6. The van der Waals surface area contributed by atoms with Gasteiger partial charge in [0.25, 0.3) is 0 Å². The number of benzene rings is 1. The van der Waals surface area contributed by atoms with Crippen LogP contribution in [0.2, 0.25) is 5.02 Å². The van der Waals surface area contributed by atoms with E-state index >= 15 is 0 Å². The van der Waals surface area contributed by atoms with Crippen LogP contribution in [0.1, 0.15) is 27.2 Å². The molecule has 0 heterocycles. The van der Waals surface area contributed by atoms with Crippen molar-refractivity contribution in [1.82, 2.24) is 0 Å². The molecule has 0 radical (unpaired) electrons. The summed E-state index contributed by atoms with van der Waals surface area (Å²) >= 11 is 5.76. The van der Waals surface area contributed by atoms with Crippen molar-refractivity contribution in [1.29, 1.82) is 0 Å². The average molecular weight is 287 g/mol. The molecule has 0 aliphatic carbocycles. The summed E-state index contributed by atoms with van der Waals surface area (Å²) in [6.45, 7) is 5.14. The van der Waals surface area contributed by atoms with Crippen molar-refractivity contribution < 1.29 is 19.4 Å². The molecule has 106 valence electrons. The number of hydrogen-bond acceptors (Lipinski definition) is 4. The molecule has 1 N–H and O–H groups in total. The Morgan fingerprint density at radius 1 is 1.37 bits per heavy atom. The highest BCUT2D eigenvalue weighted by Crippen LogP contribution is 2.21. The largest absolute Gasteiger partial charge is 0.465 e. The van der Waals surface area contributed by atoms with Gasteiger partial charge in [0.05, 0.1) is 12.5 Å². The van der Waals surface area contributed by atoms with Gasteiger partial charge in [-0.1, -0.05) is 25.4 Å². The van der Waals surface area contributed by atoms with E-state index in [4.69, 9.17) is 21.1 Å². The molecule has 0 aromatic heterocycles. The standard InChI is InChI=1S/C14H19ClO4/c1-10(2)13(16)18-9-8-14(3,17)19-12-6-4-11(15)5-7-12/h4-7,10,17H,8-9H2,1-3H3. The molecule has 0 saturated heterocycles. The molecule has 1 unspecified atom stereocenters. The Bertz CT molecular complexity index is 412. The highest BCUT2D eigenvalue weighted by Gasteiger charge is 2.23. The summed E-state index contributed by atoms with van der Waals surface area (Å²) in [5.41, 5.74) is 0. The molecule has 1 atom stereocenters. The van der Waals surface area contributed by atoms with Crippen molar-refractivity contribution in [2.75, 3.05) is 6.61 Å². The van der Waals surface area contributed by atoms with Crippen molar-refractivity contribution in [3.8, 4) is 5.75 Å². The first-order valence-electron chi connectivity index (χ1n) is 6.14. The lowest BCUT2D eigenvalue weighted by atomic mass is 10.2. The molecule has 4 nitrogen and oxygen atoms in total. The minimum atomic E-state index is -1.40. The molecule has 1 aromatic rings. The van der Waals surface area contributed by atoms with E-state index in [-0.39, 0.29) is 24.9 Å². The maximum absolute atomic E-state index is 11.3. The Hall–Kier alpha value is -1.26. The predicted molar refractivity (Wildman–Crippen MR) is 73.1 cm³/mol. The van der Waals surface area contributed by atoms with E-state index in [0.29, 0.717) is 10.8 Å². The number of esters is 1. The Balaban J connectivity index is 2.43. The Morgan fingerprint density at radius 2 is 1.95 bits per heavy atom. The number of halogens is 1.